The molecule has 0 aromatic heterocycles. The van der Waals surface area contributed by atoms with Gasteiger partial charge in [-0.2, -0.15) is 0 Å². The molecule has 2 fully saturated rings. The van der Waals surface area contributed by atoms with Gasteiger partial charge in [0.05, 0.1) is 11.8 Å². The number of nitrogens with zero attached hydrogens (tertiary/aromatic N) is 2. The molecule has 4 rings (SSSR count). The van der Waals surface area contributed by atoms with Gasteiger partial charge >= 0.3 is 0 Å². The normalized spacial score (nSPS) is 26.5. The van der Waals surface area contributed by atoms with E-state index in [9.17, 15) is 9.59 Å². The third-order valence-electron chi connectivity index (χ3n) is 5.37. The summed E-state index contributed by atoms with van der Waals surface area (Å²) in [6.45, 7) is 7.28. The number of nitrogens with one attached hydrogen (secondary N) is 1. The molecule has 3 aliphatic rings. The van der Waals surface area contributed by atoms with E-state index in [0.717, 1.165) is 12.0 Å². The molecule has 1 aromatic carbocycles. The molecule has 3 unspecified atom stereocenters. The zero-order chi connectivity index (χ0) is 21.3. The first-order valence-electron chi connectivity index (χ1n) is 9.90. The smallest absolute Gasteiger partial charge is 0.242 e. The van der Waals surface area contributed by atoms with Gasteiger partial charge in [0.1, 0.15) is 5.25 Å². The Bertz CT molecular complexity index is 903. The van der Waals surface area contributed by atoms with Crippen LogP contribution in [-0.4, -0.2) is 60.2 Å². The number of ether oxygens (including phenoxy) is 3. The number of carbonyl (C=O) groups excluding carboxylic acids is 2. The van der Waals surface area contributed by atoms with Crippen LogP contribution in [0.2, 0.25) is 0 Å². The highest BCUT2D eigenvalue weighted by Crippen LogP contribution is 2.38. The molecule has 0 bridgehead atoms. The van der Waals surface area contributed by atoms with Gasteiger partial charge in [-0.15, -0.1) is 0 Å². The second kappa shape index (κ2) is 8.69. The van der Waals surface area contributed by atoms with Crippen molar-refractivity contribution in [1.29, 1.82) is 0 Å². The van der Waals surface area contributed by atoms with Gasteiger partial charge in [0.15, 0.2) is 16.7 Å². The van der Waals surface area contributed by atoms with Crippen LogP contribution in [0.25, 0.3) is 0 Å². The molecule has 3 heterocycles. The molecular formula is C21H25N3O5S. The van der Waals surface area contributed by atoms with Crippen molar-refractivity contribution in [2.75, 3.05) is 27.0 Å². The molecule has 0 spiro atoms. The van der Waals surface area contributed by atoms with Crippen LogP contribution in [0.5, 0.6) is 11.5 Å². The van der Waals surface area contributed by atoms with Gasteiger partial charge < -0.3 is 19.5 Å². The Morgan fingerprint density at radius 3 is 2.93 bits per heavy atom. The Hall–Kier alpha value is -2.52. The van der Waals surface area contributed by atoms with Crippen LogP contribution in [0.1, 0.15) is 19.8 Å². The van der Waals surface area contributed by atoms with Crippen LogP contribution in [0.3, 0.4) is 0 Å². The summed E-state index contributed by atoms with van der Waals surface area (Å²) in [5.41, 5.74) is 1.62. The minimum Gasteiger partial charge on any atom is -0.454 e. The lowest BCUT2D eigenvalue weighted by Crippen LogP contribution is -2.39. The van der Waals surface area contributed by atoms with Crippen LogP contribution in [0.15, 0.2) is 35.3 Å². The van der Waals surface area contributed by atoms with E-state index in [-0.39, 0.29) is 37.0 Å². The molecule has 160 valence electrons. The Kier molecular flexibility index (Phi) is 6.01. The van der Waals surface area contributed by atoms with Gasteiger partial charge in [-0.3, -0.25) is 14.5 Å². The number of rotatable bonds is 6. The molecule has 0 saturated carbocycles. The number of thioether (sulfide) groups is 1. The molecule has 2 saturated heterocycles. The van der Waals surface area contributed by atoms with Crippen molar-refractivity contribution in [2.45, 2.75) is 31.1 Å². The fourth-order valence-corrected chi connectivity index (χ4v) is 5.00. The maximum atomic E-state index is 13.1. The highest BCUT2D eigenvalue weighted by atomic mass is 32.2. The molecule has 3 atom stereocenters. The number of aliphatic imine (C=N–C) groups is 1. The van der Waals surface area contributed by atoms with Crippen LogP contribution < -0.4 is 14.8 Å². The summed E-state index contributed by atoms with van der Waals surface area (Å²) in [5.74, 6) is 1.18. The van der Waals surface area contributed by atoms with Gasteiger partial charge in [0.25, 0.3) is 0 Å². The number of amides is 2. The number of hydrogen-bond donors (Lipinski definition) is 1. The predicted molar refractivity (Wildman–Crippen MR) is 114 cm³/mol. The third-order valence-corrected chi connectivity index (χ3v) is 6.54. The zero-order valence-electron chi connectivity index (χ0n) is 17.1. The molecule has 0 radical (unpaired) electrons. The maximum Gasteiger partial charge on any atom is 0.242 e. The van der Waals surface area contributed by atoms with Crippen LogP contribution >= 0.6 is 11.8 Å². The summed E-state index contributed by atoms with van der Waals surface area (Å²) < 4.78 is 16.6. The van der Waals surface area contributed by atoms with Gasteiger partial charge in [-0.1, -0.05) is 23.9 Å². The van der Waals surface area contributed by atoms with Crippen molar-refractivity contribution in [1.82, 2.24) is 10.2 Å². The van der Waals surface area contributed by atoms with E-state index in [1.807, 2.05) is 13.0 Å². The van der Waals surface area contributed by atoms with Crippen molar-refractivity contribution >= 4 is 34.4 Å². The Morgan fingerprint density at radius 1 is 1.37 bits per heavy atom. The first kappa shape index (κ1) is 20.7. The monoisotopic (exact) mass is 431 g/mol. The summed E-state index contributed by atoms with van der Waals surface area (Å²) in [6.07, 6.45) is 0.887. The van der Waals surface area contributed by atoms with E-state index in [1.165, 1.54) is 11.8 Å². The molecule has 2 amide bonds. The van der Waals surface area contributed by atoms with Crippen LogP contribution in [0, 0.1) is 5.92 Å². The lowest BCUT2D eigenvalue weighted by Gasteiger charge is -2.24. The second-order valence-electron chi connectivity index (χ2n) is 7.55. The van der Waals surface area contributed by atoms with E-state index in [0.29, 0.717) is 35.5 Å². The minimum absolute atomic E-state index is 0.0763. The van der Waals surface area contributed by atoms with E-state index in [2.05, 4.69) is 11.9 Å². The minimum atomic E-state index is -0.497. The SMILES string of the molecule is C=C(C)C1OCCC1CN1C(=O)C(CC(=O)NC)SC1=Nc1ccc2c(c1)OCO2. The van der Waals surface area contributed by atoms with Gasteiger partial charge in [0, 0.05) is 38.6 Å². The summed E-state index contributed by atoms with van der Waals surface area (Å²) >= 11 is 1.32. The molecule has 0 aliphatic carbocycles. The Labute approximate surface area is 179 Å². The fraction of sp³-hybridized carbons (Fsp3) is 0.476. The number of benzene rings is 1. The van der Waals surface area contributed by atoms with Crippen molar-refractivity contribution in [3.8, 4) is 11.5 Å². The maximum absolute atomic E-state index is 13.1. The topological polar surface area (TPSA) is 89.5 Å². The zero-order valence-corrected chi connectivity index (χ0v) is 17.9. The summed E-state index contributed by atoms with van der Waals surface area (Å²) in [6, 6.07) is 5.42. The Morgan fingerprint density at radius 2 is 2.17 bits per heavy atom. The lowest BCUT2D eigenvalue weighted by molar-refractivity contribution is -0.129. The highest BCUT2D eigenvalue weighted by molar-refractivity contribution is 8.15. The predicted octanol–water partition coefficient (Wildman–Crippen LogP) is 2.46. The number of fused-ring (bicyclic) bond motifs is 1. The van der Waals surface area contributed by atoms with Crippen molar-refractivity contribution < 1.29 is 23.8 Å². The quantitative estimate of drug-likeness (QED) is 0.696. The fourth-order valence-electron chi connectivity index (χ4n) is 3.83. The van der Waals surface area contributed by atoms with E-state index < -0.39 is 5.25 Å². The Balaban J connectivity index is 1.60. The third kappa shape index (κ3) is 4.17. The largest absolute Gasteiger partial charge is 0.454 e. The summed E-state index contributed by atoms with van der Waals surface area (Å²) in [7, 11) is 1.57. The number of amidine groups is 1. The average molecular weight is 432 g/mol. The van der Waals surface area contributed by atoms with Crippen LogP contribution in [-0.2, 0) is 14.3 Å². The second-order valence-corrected chi connectivity index (χ2v) is 8.72. The molecule has 8 nitrogen and oxygen atoms in total. The standard InChI is InChI=1S/C21H25N3O5S/c1-12(2)19-13(6-7-27-19)10-24-20(26)17(9-18(25)22-3)30-21(24)23-14-4-5-15-16(8-14)29-11-28-15/h4-5,8,13,17,19H,1,6-7,9-11H2,2-3H3,(H,22,25). The van der Waals surface area contributed by atoms with Crippen molar-refractivity contribution in [3.05, 3.63) is 30.4 Å². The van der Waals surface area contributed by atoms with E-state index in [4.69, 9.17) is 19.2 Å². The first-order chi connectivity index (χ1) is 14.5. The molecule has 1 N–H and O–H groups in total. The van der Waals surface area contributed by atoms with Crippen molar-refractivity contribution in [2.24, 2.45) is 10.9 Å². The molecule has 9 heteroatoms. The van der Waals surface area contributed by atoms with E-state index >= 15 is 0 Å². The number of hydrogen-bond acceptors (Lipinski definition) is 7. The summed E-state index contributed by atoms with van der Waals surface area (Å²) in [4.78, 5) is 31.5. The summed E-state index contributed by atoms with van der Waals surface area (Å²) in [5, 5.41) is 2.68. The molecular weight excluding hydrogens is 406 g/mol. The van der Waals surface area contributed by atoms with Crippen molar-refractivity contribution in [3.63, 3.8) is 0 Å². The van der Waals surface area contributed by atoms with E-state index in [1.54, 1.807) is 24.1 Å². The first-order valence-corrected chi connectivity index (χ1v) is 10.8. The van der Waals surface area contributed by atoms with Crippen LogP contribution in [0.4, 0.5) is 5.69 Å². The number of carbonyl (C=O) groups is 2. The molecule has 3 aliphatic heterocycles. The lowest BCUT2D eigenvalue weighted by atomic mass is 9.96. The highest BCUT2D eigenvalue weighted by Gasteiger charge is 2.42. The van der Waals surface area contributed by atoms with Gasteiger partial charge in [-0.25, -0.2) is 4.99 Å². The molecule has 30 heavy (non-hydrogen) atoms. The van der Waals surface area contributed by atoms with Gasteiger partial charge in [-0.05, 0) is 25.5 Å². The molecule has 1 aromatic rings. The van der Waals surface area contributed by atoms with Gasteiger partial charge in [0.2, 0.25) is 18.6 Å². The average Bonchev–Trinajstić information content (AvgIpc) is 3.44.